The third-order valence-electron chi connectivity index (χ3n) is 7.45. The minimum Gasteiger partial charge on any atom is -0.465 e. The van der Waals surface area contributed by atoms with Gasteiger partial charge >= 0.3 is 18.0 Å². The Labute approximate surface area is 295 Å². The van der Waals surface area contributed by atoms with Gasteiger partial charge in [-0.2, -0.15) is 5.10 Å². The fourth-order valence-electron chi connectivity index (χ4n) is 4.76. The molecule has 0 amide bonds. The quantitative estimate of drug-likeness (QED) is 0.121. The third kappa shape index (κ3) is 8.91. The second-order valence-corrected chi connectivity index (χ2v) is 12.4. The third-order valence-corrected chi connectivity index (χ3v) is 7.45. The first-order valence-electron chi connectivity index (χ1n) is 15.8. The number of aryl methyl sites for hydroxylation is 2. The van der Waals surface area contributed by atoms with E-state index in [0.717, 1.165) is 43.8 Å². The van der Waals surface area contributed by atoms with E-state index in [0.29, 0.717) is 34.3 Å². The molecule has 0 saturated heterocycles. The van der Waals surface area contributed by atoms with Crippen molar-refractivity contribution < 1.29 is 28.6 Å². The number of aliphatic imine (C=N–C) groups is 1. The van der Waals surface area contributed by atoms with Gasteiger partial charge < -0.3 is 14.2 Å². The number of rotatable bonds is 2. The number of nitrogens with zero attached hydrogens (tertiary/aromatic N) is 5. The molecular formula is C40H35N5O6. The van der Waals surface area contributed by atoms with E-state index in [4.69, 9.17) is 14.2 Å². The first-order valence-corrected chi connectivity index (χ1v) is 15.8. The van der Waals surface area contributed by atoms with Gasteiger partial charge in [-0.1, -0.05) is 35.8 Å². The zero-order valence-corrected chi connectivity index (χ0v) is 29.3. The first kappa shape index (κ1) is 35.7. The number of ether oxygens (including phenoxy) is 3. The second kappa shape index (κ2) is 15.3. The van der Waals surface area contributed by atoms with E-state index in [1.807, 2.05) is 38.3 Å². The molecule has 0 spiro atoms. The summed E-state index contributed by atoms with van der Waals surface area (Å²) in [5, 5.41) is 4.74. The summed E-state index contributed by atoms with van der Waals surface area (Å²) in [4.78, 5) is 48.4. The molecule has 11 heteroatoms. The van der Waals surface area contributed by atoms with Crippen molar-refractivity contribution in [2.75, 3.05) is 14.2 Å². The van der Waals surface area contributed by atoms with Crippen LogP contribution in [0.1, 0.15) is 86.1 Å². The number of aromatic nitrogens is 4. The number of esters is 2. The van der Waals surface area contributed by atoms with Crippen LogP contribution >= 0.6 is 0 Å². The van der Waals surface area contributed by atoms with Crippen LogP contribution < -0.4 is 0 Å². The largest absolute Gasteiger partial charge is 0.465 e. The van der Waals surface area contributed by atoms with Gasteiger partial charge in [0.25, 0.3) is 0 Å². The fraction of sp³-hybridized carbons (Fsp3) is 0.225. The van der Waals surface area contributed by atoms with Crippen LogP contribution in [0.2, 0.25) is 0 Å². The van der Waals surface area contributed by atoms with E-state index in [9.17, 15) is 14.4 Å². The van der Waals surface area contributed by atoms with E-state index in [1.54, 1.807) is 69.7 Å². The van der Waals surface area contributed by atoms with Crippen molar-refractivity contribution in [1.82, 2.24) is 19.7 Å². The highest BCUT2D eigenvalue weighted by molar-refractivity contribution is 5.90. The minimum absolute atomic E-state index is 0.363. The molecule has 1 aliphatic rings. The second-order valence-electron chi connectivity index (χ2n) is 12.4. The summed E-state index contributed by atoms with van der Waals surface area (Å²) >= 11 is 0. The lowest BCUT2D eigenvalue weighted by Crippen LogP contribution is -2.27. The normalized spacial score (nSPS) is 11.2. The molecule has 0 atom stereocenters. The first-order chi connectivity index (χ1) is 24.3. The molecule has 1 aliphatic heterocycles. The lowest BCUT2D eigenvalue weighted by molar-refractivity contribution is 0.0519. The molecule has 2 aromatic carbocycles. The number of carbonyl (C=O) groups excluding carboxylic acids is 3. The smallest absolute Gasteiger partial charge is 0.437 e. The van der Waals surface area contributed by atoms with Crippen LogP contribution in [0.5, 0.6) is 0 Å². The van der Waals surface area contributed by atoms with Crippen LogP contribution in [0.3, 0.4) is 0 Å². The molecule has 11 nitrogen and oxygen atoms in total. The van der Waals surface area contributed by atoms with Gasteiger partial charge in [-0.05, 0) is 82.1 Å². The molecule has 256 valence electrons. The number of hydrogen-bond acceptors (Lipinski definition) is 10. The highest BCUT2D eigenvalue weighted by Gasteiger charge is 2.20. The number of benzene rings is 2. The average molecular weight is 682 g/mol. The maximum atomic E-state index is 12.3. The maximum absolute atomic E-state index is 12.3. The van der Waals surface area contributed by atoms with Gasteiger partial charge in [0.1, 0.15) is 5.60 Å². The van der Waals surface area contributed by atoms with Crippen LogP contribution in [-0.4, -0.2) is 63.8 Å². The highest BCUT2D eigenvalue weighted by Crippen LogP contribution is 2.17. The summed E-state index contributed by atoms with van der Waals surface area (Å²) in [5.74, 6) is 11.5. The average Bonchev–Trinajstić information content (AvgIpc) is 3.76. The SMILES string of the molecule is COC(=O)c1ccc(C)c(C#Cc2cnc3c(c2)C=NC3)c1.COC(=O)c1ccc(C)c(C#Cc2cnc3c(cnn3C(=O)OC(C)(C)C)c2)c1. The summed E-state index contributed by atoms with van der Waals surface area (Å²) < 4.78 is 15.9. The maximum Gasteiger partial charge on any atom is 0.437 e. The summed E-state index contributed by atoms with van der Waals surface area (Å²) in [5.41, 5.74) is 7.67. The van der Waals surface area contributed by atoms with Crippen molar-refractivity contribution in [3.05, 3.63) is 123 Å². The van der Waals surface area contributed by atoms with Gasteiger partial charge in [0.2, 0.25) is 0 Å². The molecule has 0 aliphatic carbocycles. The fourth-order valence-corrected chi connectivity index (χ4v) is 4.76. The van der Waals surface area contributed by atoms with Crippen LogP contribution in [0.25, 0.3) is 11.0 Å². The van der Waals surface area contributed by atoms with Crippen molar-refractivity contribution >= 4 is 35.3 Å². The van der Waals surface area contributed by atoms with Crippen LogP contribution in [-0.2, 0) is 20.8 Å². The predicted molar refractivity (Wildman–Crippen MR) is 192 cm³/mol. The van der Waals surface area contributed by atoms with Gasteiger partial charge in [-0.15, -0.1) is 4.68 Å². The molecule has 0 bridgehead atoms. The number of methoxy groups -OCH3 is 2. The van der Waals surface area contributed by atoms with Crippen molar-refractivity contribution in [3.63, 3.8) is 0 Å². The van der Waals surface area contributed by atoms with E-state index >= 15 is 0 Å². The van der Waals surface area contributed by atoms with Gasteiger partial charge in [0, 0.05) is 51.8 Å². The summed E-state index contributed by atoms with van der Waals surface area (Å²) in [6, 6.07) is 14.3. The Bertz CT molecular complexity index is 2330. The zero-order chi connectivity index (χ0) is 36.7. The van der Waals surface area contributed by atoms with Crippen LogP contribution in [0.4, 0.5) is 4.79 Å². The van der Waals surface area contributed by atoms with Gasteiger partial charge in [0.05, 0.1) is 43.8 Å². The van der Waals surface area contributed by atoms with E-state index in [1.165, 1.54) is 14.2 Å². The molecule has 6 rings (SSSR count). The molecule has 0 unspecified atom stereocenters. The van der Waals surface area contributed by atoms with Gasteiger partial charge in [0.15, 0.2) is 5.65 Å². The van der Waals surface area contributed by atoms with Gasteiger partial charge in [-0.25, -0.2) is 19.4 Å². The summed E-state index contributed by atoms with van der Waals surface area (Å²) in [6.07, 6.45) is 6.09. The van der Waals surface area contributed by atoms with Crippen molar-refractivity contribution in [3.8, 4) is 23.7 Å². The number of fused-ring (bicyclic) bond motifs is 2. The Morgan fingerprint density at radius 3 is 1.88 bits per heavy atom. The topological polar surface area (TPSA) is 135 Å². The van der Waals surface area contributed by atoms with E-state index in [2.05, 4.69) is 43.7 Å². The molecule has 4 heterocycles. The molecule has 0 saturated carbocycles. The highest BCUT2D eigenvalue weighted by atomic mass is 16.6. The molecule has 51 heavy (non-hydrogen) atoms. The Balaban J connectivity index is 0.000000205. The summed E-state index contributed by atoms with van der Waals surface area (Å²) in [7, 11) is 2.71. The Hall–Kier alpha value is -6.59. The van der Waals surface area contributed by atoms with E-state index in [-0.39, 0.29) is 5.97 Å². The summed E-state index contributed by atoms with van der Waals surface area (Å²) in [6.45, 7) is 9.87. The lowest BCUT2D eigenvalue weighted by atomic mass is 10.0. The molecular weight excluding hydrogens is 646 g/mol. The molecule has 0 N–H and O–H groups in total. The van der Waals surface area contributed by atoms with Gasteiger partial charge in [-0.3, -0.25) is 9.98 Å². The number of hydrogen-bond donors (Lipinski definition) is 0. The van der Waals surface area contributed by atoms with Crippen LogP contribution in [0, 0.1) is 37.5 Å². The number of carbonyl (C=O) groups is 3. The molecule has 0 radical (unpaired) electrons. The predicted octanol–water partition coefficient (Wildman–Crippen LogP) is 6.22. The Kier molecular flexibility index (Phi) is 10.7. The monoisotopic (exact) mass is 681 g/mol. The molecule has 0 fully saturated rings. The minimum atomic E-state index is -0.628. The van der Waals surface area contributed by atoms with Crippen molar-refractivity contribution in [1.29, 1.82) is 0 Å². The standard InChI is InChI=1S/C22H21N3O4.C18H14N2O2/c1-14-6-8-17(20(26)28-5)11-16(14)9-7-15-10-18-13-24-25(19(18)23-12-15)21(27)29-22(2,3)4;1-12-3-5-15(18(21)22-2)8-14(12)6-4-13-7-16-10-19-11-17(16)20-9-13/h6,8,10-13H,1-5H3;3,5,7-10H,11H2,1-2H3. The Morgan fingerprint density at radius 1 is 0.745 bits per heavy atom. The lowest BCUT2D eigenvalue weighted by Gasteiger charge is -2.18. The number of pyridine rings is 2. The van der Waals surface area contributed by atoms with E-state index < -0.39 is 17.7 Å². The van der Waals surface area contributed by atoms with Crippen molar-refractivity contribution in [2.45, 2.75) is 46.8 Å². The van der Waals surface area contributed by atoms with Crippen molar-refractivity contribution in [2.24, 2.45) is 4.99 Å². The van der Waals surface area contributed by atoms with Crippen LogP contribution in [0.15, 0.2) is 72.1 Å². The Morgan fingerprint density at radius 2 is 1.31 bits per heavy atom. The molecule has 3 aromatic heterocycles. The molecule has 5 aromatic rings. The zero-order valence-electron chi connectivity index (χ0n) is 29.3.